The Morgan fingerprint density at radius 3 is 2.27 bits per heavy atom. The summed E-state index contributed by atoms with van der Waals surface area (Å²) in [5.41, 5.74) is -1.75. The van der Waals surface area contributed by atoms with Crippen molar-refractivity contribution in [1.82, 2.24) is 29.8 Å². The van der Waals surface area contributed by atoms with Crippen LogP contribution in [-0.2, 0) is 46.2 Å². The third-order valence-corrected chi connectivity index (χ3v) is 17.3. The summed E-state index contributed by atoms with van der Waals surface area (Å²) < 4.78 is 49.9. The number of carbonyl (C=O) groups excluding carboxylic acids is 1. The van der Waals surface area contributed by atoms with Gasteiger partial charge in [0.15, 0.2) is 16.7 Å². The van der Waals surface area contributed by atoms with Crippen LogP contribution in [0.15, 0.2) is 48.8 Å². The maximum Gasteiger partial charge on any atom is 0.312 e. The molecule has 422 valence electrons. The SMILES string of the molecule is COc1ccc(-c2ccc(OCCCn3cc(CCN(C)[C@H]4C[C@@H](C)O[C@@H](O[C@@H]5[C@@H](C)[C@H](O[C@H]6C[C@@](C)(OC)[C@@H](O)[C@H](C)O6)[C@@H](C)C(=O)O[C@H](I)[C@@](C)(O)[C@H](O)[C@@H](C)N(C)C[C@H](C)C[C@@]5(C)O)[C@@H]4O)nn3)cc2)cn1. The number of halogens is 1. The monoisotopic (exact) mass is 1170 g/mol. The molecule has 1 aromatic carbocycles. The number of aryl methyl sites for hydroxylation is 1. The number of nitrogens with zero attached hydrogens (tertiary/aromatic N) is 6. The fourth-order valence-electron chi connectivity index (χ4n) is 10.9. The summed E-state index contributed by atoms with van der Waals surface area (Å²) in [4.78, 5) is 22.6. The number of pyridine rings is 1. The summed E-state index contributed by atoms with van der Waals surface area (Å²) in [5.74, 6) is -1.48. The zero-order valence-corrected chi connectivity index (χ0v) is 48.3. The third-order valence-electron chi connectivity index (χ3n) is 15.7. The van der Waals surface area contributed by atoms with Gasteiger partial charge >= 0.3 is 5.97 Å². The predicted molar refractivity (Wildman–Crippen MR) is 287 cm³/mol. The lowest BCUT2D eigenvalue weighted by molar-refractivity contribution is -0.318. The van der Waals surface area contributed by atoms with Crippen LogP contribution >= 0.6 is 22.6 Å². The van der Waals surface area contributed by atoms with Gasteiger partial charge in [0.1, 0.15) is 29.7 Å². The lowest BCUT2D eigenvalue weighted by Crippen LogP contribution is -2.60. The van der Waals surface area contributed by atoms with Crippen molar-refractivity contribution in [3.8, 4) is 22.8 Å². The van der Waals surface area contributed by atoms with E-state index in [1.807, 2.05) is 105 Å². The van der Waals surface area contributed by atoms with Crippen molar-refractivity contribution >= 4 is 28.6 Å². The molecule has 0 radical (unpaired) electrons. The van der Waals surface area contributed by atoms with E-state index in [2.05, 4.69) is 20.2 Å². The number of likely N-dealkylation sites (N-methyl/N-ethyl adjacent to an activating group) is 2. The molecule has 20 nitrogen and oxygen atoms in total. The van der Waals surface area contributed by atoms with Crippen molar-refractivity contribution in [3.63, 3.8) is 0 Å². The van der Waals surface area contributed by atoms with Gasteiger partial charge in [-0.3, -0.25) is 9.48 Å². The molecule has 0 amide bonds. The molecule has 0 saturated carbocycles. The zero-order valence-electron chi connectivity index (χ0n) is 46.1. The standard InChI is InChI=1S/C54H85IN6O14/c1-31-26-52(7,66)48(33(3)45(73-43-27-53(8,69-13)47(64)36(6)72-43)34(4)49(65)75-51(55)54(9,67)46(63)35(5)60(11)29-31)74-50-44(62)41(25-32(2)71-50)59(10)23-21-39-30-61(58-57-39)22-14-24-70-40-18-15-37(16-19-40)38-17-20-42(68-12)56-28-38/h15-20,28,30-36,41,43-48,50-51,62-64,66-67H,14,21-27,29H2,1-13H3/t31-,32-,33+,34-,35-,36+,41+,43+,44-,45+,46-,47+,48-,50+,51+,52-,53-,54+/m1/s1. The van der Waals surface area contributed by atoms with Gasteiger partial charge in [-0.2, -0.15) is 0 Å². The summed E-state index contributed by atoms with van der Waals surface area (Å²) in [6.07, 6.45) is -3.19. The molecule has 3 fully saturated rings. The highest BCUT2D eigenvalue weighted by atomic mass is 127. The Bertz CT molecular complexity index is 2240. The fraction of sp³-hybridized carbons (Fsp3) is 0.741. The van der Waals surface area contributed by atoms with E-state index in [0.717, 1.165) is 29.0 Å². The van der Waals surface area contributed by atoms with Gasteiger partial charge in [-0.25, -0.2) is 4.98 Å². The van der Waals surface area contributed by atoms with Crippen LogP contribution in [0.25, 0.3) is 11.1 Å². The molecule has 75 heavy (non-hydrogen) atoms. The lowest BCUT2D eigenvalue weighted by atomic mass is 9.77. The van der Waals surface area contributed by atoms with E-state index in [9.17, 15) is 30.3 Å². The van der Waals surface area contributed by atoms with E-state index in [-0.39, 0.29) is 24.9 Å². The maximum atomic E-state index is 14.3. The molecule has 3 aromatic rings. The van der Waals surface area contributed by atoms with Crippen LogP contribution in [-0.4, -0.2) is 198 Å². The average Bonchev–Trinajstić information content (AvgIpc) is 3.84. The van der Waals surface area contributed by atoms with E-state index < -0.39 is 100 Å². The van der Waals surface area contributed by atoms with Crippen LogP contribution in [0.2, 0.25) is 0 Å². The second-order valence-electron chi connectivity index (χ2n) is 22.1. The topological polar surface area (TPSA) is 242 Å². The minimum atomic E-state index is -1.86. The van der Waals surface area contributed by atoms with E-state index >= 15 is 0 Å². The van der Waals surface area contributed by atoms with Crippen molar-refractivity contribution in [2.24, 2.45) is 17.8 Å². The number of aliphatic hydroxyl groups is 5. The molecule has 0 spiro atoms. The number of cyclic esters (lactones) is 1. The number of carbonyl (C=O) groups is 1. The molecule has 0 unspecified atom stereocenters. The molecule has 5 heterocycles. The van der Waals surface area contributed by atoms with E-state index in [4.69, 9.17) is 37.9 Å². The van der Waals surface area contributed by atoms with Crippen LogP contribution in [0.4, 0.5) is 0 Å². The zero-order chi connectivity index (χ0) is 55.2. The first kappa shape index (κ1) is 61.0. The number of ether oxygens (including phenoxy) is 8. The van der Waals surface area contributed by atoms with Gasteiger partial charge < -0.3 is 73.2 Å². The van der Waals surface area contributed by atoms with E-state index in [1.165, 1.54) is 14.0 Å². The van der Waals surface area contributed by atoms with Crippen LogP contribution in [0.3, 0.4) is 0 Å². The molecular formula is C54H85IN6O14. The predicted octanol–water partition coefficient (Wildman–Crippen LogP) is 4.63. The Labute approximate surface area is 456 Å². The summed E-state index contributed by atoms with van der Waals surface area (Å²) in [7, 11) is 6.86. The number of hydrogen-bond acceptors (Lipinski definition) is 19. The Balaban J connectivity index is 1.16. The first-order chi connectivity index (χ1) is 35.3. The smallest absolute Gasteiger partial charge is 0.312 e. The van der Waals surface area contributed by atoms with Gasteiger partial charge in [-0.1, -0.05) is 31.2 Å². The molecular weight excluding hydrogens is 1080 g/mol. The Morgan fingerprint density at radius 1 is 0.920 bits per heavy atom. The van der Waals surface area contributed by atoms with Crippen LogP contribution in [0.1, 0.15) is 93.7 Å². The van der Waals surface area contributed by atoms with Crippen LogP contribution in [0, 0.1) is 17.8 Å². The first-order valence-electron chi connectivity index (χ1n) is 26.3. The summed E-state index contributed by atoms with van der Waals surface area (Å²) in [5, 5.41) is 68.1. The number of alkyl halides is 1. The first-order valence-corrected chi connectivity index (χ1v) is 27.6. The van der Waals surface area contributed by atoms with Crippen molar-refractivity contribution in [2.45, 2.75) is 189 Å². The van der Waals surface area contributed by atoms with Crippen molar-refractivity contribution in [3.05, 3.63) is 54.5 Å². The molecule has 0 aliphatic carbocycles. The highest BCUT2D eigenvalue weighted by Gasteiger charge is 2.53. The normalized spacial score (nSPS) is 37.9. The van der Waals surface area contributed by atoms with E-state index in [1.54, 1.807) is 52.6 Å². The highest BCUT2D eigenvalue weighted by Crippen LogP contribution is 2.40. The second-order valence-corrected chi connectivity index (χ2v) is 23.3. The largest absolute Gasteiger partial charge is 0.494 e. The molecule has 0 bridgehead atoms. The van der Waals surface area contributed by atoms with Gasteiger partial charge in [-0.15, -0.1) is 5.10 Å². The van der Waals surface area contributed by atoms with Crippen molar-refractivity contribution in [2.75, 3.05) is 48.0 Å². The van der Waals surface area contributed by atoms with Gasteiger partial charge in [0.25, 0.3) is 0 Å². The number of methoxy groups -OCH3 is 2. The Hall–Kier alpha value is -3.17. The summed E-state index contributed by atoms with van der Waals surface area (Å²) in [6, 6.07) is 10.7. The summed E-state index contributed by atoms with van der Waals surface area (Å²) >= 11 is 1.83. The van der Waals surface area contributed by atoms with Gasteiger partial charge in [0, 0.05) is 88.0 Å². The Morgan fingerprint density at radius 2 is 1.61 bits per heavy atom. The number of aliphatic hydroxyl groups excluding tert-OH is 3. The number of hydrogen-bond donors (Lipinski definition) is 5. The van der Waals surface area contributed by atoms with Gasteiger partial charge in [0.05, 0.1) is 60.9 Å². The quantitative estimate of drug-likeness (QED) is 0.0569. The second kappa shape index (κ2) is 26.2. The molecule has 21 heteroatoms. The minimum absolute atomic E-state index is 0.0991. The number of benzene rings is 1. The molecule has 3 aliphatic rings. The van der Waals surface area contributed by atoms with E-state index in [0.29, 0.717) is 45.0 Å². The van der Waals surface area contributed by atoms with Crippen LogP contribution in [0.5, 0.6) is 11.6 Å². The fourth-order valence-corrected chi connectivity index (χ4v) is 11.5. The maximum absolute atomic E-state index is 14.3. The molecule has 3 saturated heterocycles. The lowest BCUT2D eigenvalue weighted by Gasteiger charge is -2.49. The van der Waals surface area contributed by atoms with Crippen molar-refractivity contribution in [1.29, 1.82) is 0 Å². The highest BCUT2D eigenvalue weighted by molar-refractivity contribution is 14.1. The van der Waals surface area contributed by atoms with Gasteiger partial charge in [0.2, 0.25) is 5.88 Å². The minimum Gasteiger partial charge on any atom is -0.494 e. The summed E-state index contributed by atoms with van der Waals surface area (Å²) in [6.45, 7) is 17.8. The number of aromatic nitrogens is 4. The molecule has 6 rings (SSSR count). The van der Waals surface area contributed by atoms with Gasteiger partial charge in [-0.05, 0) is 128 Å². The average molecular weight is 1170 g/mol. The van der Waals surface area contributed by atoms with Crippen molar-refractivity contribution < 1.29 is 68.2 Å². The molecule has 2 aromatic heterocycles. The molecule has 3 aliphatic heterocycles. The third kappa shape index (κ3) is 15.1. The number of rotatable bonds is 16. The molecule has 18 atom stereocenters. The Kier molecular flexibility index (Phi) is 21.3. The van der Waals surface area contributed by atoms with Crippen LogP contribution < -0.4 is 9.47 Å². The molecule has 5 N–H and O–H groups in total. The number of esters is 1.